The minimum Gasteiger partial charge on any atom is -0.480 e. The van der Waals surface area contributed by atoms with E-state index in [0.29, 0.717) is 0 Å². The predicted molar refractivity (Wildman–Crippen MR) is 46.0 cm³/mol. The Morgan fingerprint density at radius 3 is 2.23 bits per heavy atom. The lowest BCUT2D eigenvalue weighted by Crippen LogP contribution is -2.30. The maximum Gasteiger partial charge on any atom is 0.317 e. The highest BCUT2D eigenvalue weighted by molar-refractivity contribution is 5.69. The van der Waals surface area contributed by atoms with Gasteiger partial charge in [-0.15, -0.1) is 0 Å². The van der Waals surface area contributed by atoms with Crippen LogP contribution in [0.1, 0.15) is 19.3 Å². The molecule has 1 aliphatic rings. The molecule has 1 heterocycles. The van der Waals surface area contributed by atoms with Crippen LogP contribution in [-0.2, 0) is 4.79 Å². The summed E-state index contributed by atoms with van der Waals surface area (Å²) in [6.45, 7) is 1.97. The Kier molecular flexibility index (Phi) is 6.88. The van der Waals surface area contributed by atoms with Crippen LogP contribution < -0.4 is 5.32 Å². The summed E-state index contributed by atoms with van der Waals surface area (Å²) in [4.78, 5) is 9.38. The van der Waals surface area contributed by atoms with Crippen molar-refractivity contribution in [3.63, 3.8) is 0 Å². The molecule has 0 atom stereocenters. The lowest BCUT2D eigenvalue weighted by molar-refractivity contribution is -0.135. The van der Waals surface area contributed by atoms with E-state index in [9.17, 15) is 4.79 Å². The summed E-state index contributed by atoms with van der Waals surface area (Å²) in [5.41, 5.74) is 0. The SMILES string of the molecule is N#CCC(=O)O.OC1CCNCC1. The highest BCUT2D eigenvalue weighted by Gasteiger charge is 2.06. The van der Waals surface area contributed by atoms with Gasteiger partial charge in [-0.2, -0.15) is 5.26 Å². The van der Waals surface area contributed by atoms with Gasteiger partial charge in [0.1, 0.15) is 6.42 Å². The van der Waals surface area contributed by atoms with Gasteiger partial charge in [0.2, 0.25) is 0 Å². The van der Waals surface area contributed by atoms with Crippen LogP contribution in [0.25, 0.3) is 0 Å². The van der Waals surface area contributed by atoms with Crippen LogP contribution in [0.2, 0.25) is 0 Å². The zero-order valence-electron chi connectivity index (χ0n) is 7.36. The molecule has 1 saturated heterocycles. The van der Waals surface area contributed by atoms with Crippen LogP contribution in [0.15, 0.2) is 0 Å². The van der Waals surface area contributed by atoms with E-state index in [4.69, 9.17) is 15.5 Å². The van der Waals surface area contributed by atoms with Crippen molar-refractivity contribution >= 4 is 5.97 Å². The molecule has 13 heavy (non-hydrogen) atoms. The van der Waals surface area contributed by atoms with Gasteiger partial charge in [-0.1, -0.05) is 0 Å². The number of carboxylic acids is 1. The van der Waals surface area contributed by atoms with Crippen LogP contribution in [0.4, 0.5) is 0 Å². The van der Waals surface area contributed by atoms with Gasteiger partial charge in [-0.25, -0.2) is 0 Å². The number of aliphatic hydroxyl groups excluding tert-OH is 1. The van der Waals surface area contributed by atoms with E-state index in [-0.39, 0.29) is 6.10 Å². The van der Waals surface area contributed by atoms with Gasteiger partial charge in [-0.3, -0.25) is 4.79 Å². The van der Waals surface area contributed by atoms with Crippen molar-refractivity contribution in [2.24, 2.45) is 0 Å². The molecule has 1 fully saturated rings. The van der Waals surface area contributed by atoms with Gasteiger partial charge in [0, 0.05) is 0 Å². The maximum absolute atomic E-state index is 9.38. The lowest BCUT2D eigenvalue weighted by atomic mass is 10.1. The number of nitrogens with one attached hydrogen (secondary N) is 1. The third-order valence-corrected chi connectivity index (χ3v) is 1.54. The minimum absolute atomic E-state index is 0.0266. The molecule has 0 unspecified atom stereocenters. The Bertz CT molecular complexity index is 182. The van der Waals surface area contributed by atoms with E-state index in [1.165, 1.54) is 6.07 Å². The molecule has 1 rings (SSSR count). The summed E-state index contributed by atoms with van der Waals surface area (Å²) in [5, 5.41) is 27.3. The number of hydrogen-bond donors (Lipinski definition) is 3. The van der Waals surface area contributed by atoms with Crippen molar-refractivity contribution in [2.75, 3.05) is 13.1 Å². The second-order valence-corrected chi connectivity index (χ2v) is 2.71. The fraction of sp³-hybridized carbons (Fsp3) is 0.750. The van der Waals surface area contributed by atoms with Crippen LogP contribution in [0.5, 0.6) is 0 Å². The Morgan fingerprint density at radius 1 is 1.54 bits per heavy atom. The molecule has 0 aromatic heterocycles. The summed E-state index contributed by atoms with van der Waals surface area (Å²) in [5.74, 6) is -1.07. The average molecular weight is 186 g/mol. The molecule has 5 heteroatoms. The Hall–Kier alpha value is -1.12. The van der Waals surface area contributed by atoms with Gasteiger partial charge in [0.05, 0.1) is 12.2 Å². The van der Waals surface area contributed by atoms with Crippen LogP contribution >= 0.6 is 0 Å². The fourth-order valence-corrected chi connectivity index (χ4v) is 0.874. The predicted octanol–water partition coefficient (Wildman–Crippen LogP) is -0.285. The molecule has 0 amide bonds. The molecule has 0 radical (unpaired) electrons. The quantitative estimate of drug-likeness (QED) is 0.523. The molecule has 5 nitrogen and oxygen atoms in total. The van der Waals surface area contributed by atoms with Gasteiger partial charge < -0.3 is 15.5 Å². The third kappa shape index (κ3) is 8.79. The number of carboxylic acid groups (broad SMARTS) is 1. The molecule has 0 aromatic carbocycles. The van der Waals surface area contributed by atoms with E-state index in [1.807, 2.05) is 0 Å². The van der Waals surface area contributed by atoms with Gasteiger partial charge >= 0.3 is 5.97 Å². The molecule has 0 spiro atoms. The summed E-state index contributed by atoms with van der Waals surface area (Å²) in [6, 6.07) is 1.47. The van der Waals surface area contributed by atoms with E-state index in [1.54, 1.807) is 0 Å². The smallest absolute Gasteiger partial charge is 0.317 e. The van der Waals surface area contributed by atoms with Crippen molar-refractivity contribution in [3.8, 4) is 6.07 Å². The molecular formula is C8H14N2O3. The van der Waals surface area contributed by atoms with Crippen molar-refractivity contribution in [2.45, 2.75) is 25.4 Å². The lowest BCUT2D eigenvalue weighted by Gasteiger charge is -2.16. The molecule has 3 N–H and O–H groups in total. The minimum atomic E-state index is -1.07. The zero-order valence-corrected chi connectivity index (χ0v) is 7.36. The highest BCUT2D eigenvalue weighted by atomic mass is 16.4. The van der Waals surface area contributed by atoms with E-state index >= 15 is 0 Å². The number of nitrogens with zero attached hydrogens (tertiary/aromatic N) is 1. The van der Waals surface area contributed by atoms with E-state index in [2.05, 4.69) is 5.32 Å². The normalized spacial score (nSPS) is 16.6. The number of aliphatic hydroxyl groups is 1. The van der Waals surface area contributed by atoms with Crippen molar-refractivity contribution < 1.29 is 15.0 Å². The second-order valence-electron chi connectivity index (χ2n) is 2.71. The van der Waals surface area contributed by atoms with Crippen molar-refractivity contribution in [1.29, 1.82) is 5.26 Å². The highest BCUT2D eigenvalue weighted by Crippen LogP contribution is 1.99. The summed E-state index contributed by atoms with van der Waals surface area (Å²) >= 11 is 0. The molecule has 74 valence electrons. The molecule has 1 aliphatic heterocycles. The second kappa shape index (κ2) is 7.53. The van der Waals surface area contributed by atoms with Gasteiger partial charge in [0.25, 0.3) is 0 Å². The maximum atomic E-state index is 9.38. The largest absolute Gasteiger partial charge is 0.480 e. The van der Waals surface area contributed by atoms with E-state index < -0.39 is 12.4 Å². The Labute approximate surface area is 77.0 Å². The molecule has 0 saturated carbocycles. The Morgan fingerprint density at radius 2 is 2.08 bits per heavy atom. The van der Waals surface area contributed by atoms with Crippen LogP contribution in [0.3, 0.4) is 0 Å². The first-order valence-corrected chi connectivity index (χ1v) is 4.14. The van der Waals surface area contributed by atoms with Gasteiger partial charge in [-0.05, 0) is 25.9 Å². The number of aliphatic carboxylic acids is 1. The number of carbonyl (C=O) groups is 1. The molecule has 0 bridgehead atoms. The Balaban J connectivity index is 0.000000226. The standard InChI is InChI=1S/C5H11NO.C3H3NO2/c7-5-1-3-6-4-2-5;4-2-1-3(5)6/h5-7H,1-4H2;1H2,(H,5,6). The summed E-state index contributed by atoms with van der Waals surface area (Å²) in [6.07, 6.45) is 1.43. The summed E-state index contributed by atoms with van der Waals surface area (Å²) in [7, 11) is 0. The summed E-state index contributed by atoms with van der Waals surface area (Å²) < 4.78 is 0. The first-order valence-electron chi connectivity index (χ1n) is 4.14. The topological polar surface area (TPSA) is 93.4 Å². The zero-order chi connectivity index (χ0) is 10.1. The van der Waals surface area contributed by atoms with Gasteiger partial charge in [0.15, 0.2) is 0 Å². The average Bonchev–Trinajstić information content (AvgIpc) is 2.06. The number of rotatable bonds is 1. The number of nitriles is 1. The third-order valence-electron chi connectivity index (χ3n) is 1.54. The van der Waals surface area contributed by atoms with E-state index in [0.717, 1.165) is 25.9 Å². The molecular weight excluding hydrogens is 172 g/mol. The monoisotopic (exact) mass is 186 g/mol. The molecule has 0 aliphatic carbocycles. The first kappa shape index (κ1) is 11.9. The van der Waals surface area contributed by atoms with Crippen LogP contribution in [-0.4, -0.2) is 35.4 Å². The fourth-order valence-electron chi connectivity index (χ4n) is 0.874. The number of hydrogen-bond acceptors (Lipinski definition) is 4. The number of piperidine rings is 1. The first-order chi connectivity index (χ1) is 6.16. The molecule has 0 aromatic rings. The van der Waals surface area contributed by atoms with Crippen molar-refractivity contribution in [3.05, 3.63) is 0 Å². The van der Waals surface area contributed by atoms with Crippen LogP contribution in [0, 0.1) is 11.3 Å². The van der Waals surface area contributed by atoms with Crippen molar-refractivity contribution in [1.82, 2.24) is 5.32 Å².